The van der Waals surface area contributed by atoms with Gasteiger partial charge in [-0.3, -0.25) is 29.1 Å². The monoisotopic (exact) mass is 458 g/mol. The molecule has 4 rings (SSSR count). The van der Waals surface area contributed by atoms with Crippen LogP contribution in [0.3, 0.4) is 0 Å². The number of halogens is 1. The van der Waals surface area contributed by atoms with Gasteiger partial charge in [0.15, 0.2) is 0 Å². The fraction of sp³-hybridized carbons (Fsp3) is 0.211. The Hall–Kier alpha value is -3.27. The lowest BCUT2D eigenvalue weighted by atomic mass is 9.96. The average molecular weight is 459 g/mol. The van der Waals surface area contributed by atoms with E-state index in [0.717, 1.165) is 10.0 Å². The molecule has 2 aromatic carbocycles. The zero-order valence-electron chi connectivity index (χ0n) is 15.0. The van der Waals surface area contributed by atoms with Gasteiger partial charge in [-0.05, 0) is 42.7 Å². The molecule has 0 radical (unpaired) electrons. The lowest BCUT2D eigenvalue weighted by Gasteiger charge is -2.27. The predicted molar refractivity (Wildman–Crippen MR) is 110 cm³/mol. The maximum atomic E-state index is 12.5. The molecular formula is C19H15BrN4O5. The smallest absolute Gasteiger partial charge is 0.317 e. The van der Waals surface area contributed by atoms with Crippen LogP contribution >= 0.6 is 15.9 Å². The van der Waals surface area contributed by atoms with Crippen LogP contribution in [0.15, 0.2) is 50.5 Å². The predicted octanol–water partition coefficient (Wildman–Crippen LogP) is 2.88. The third-order valence-electron chi connectivity index (χ3n) is 4.95. The van der Waals surface area contributed by atoms with Crippen LogP contribution in [0.4, 0.5) is 11.4 Å². The number of H-pyrrole nitrogens is 1. The number of carbonyl (C=O) groups is 1. The van der Waals surface area contributed by atoms with E-state index in [9.17, 15) is 24.5 Å². The summed E-state index contributed by atoms with van der Waals surface area (Å²) in [7, 11) is 0. The van der Waals surface area contributed by atoms with Crippen LogP contribution in [0, 0.1) is 10.1 Å². The standard InChI is InChI=1S/C19H15BrN4O5/c20-11-7-10-1-4-14(23-17(10)15(8-11)22-18(26)19(23)27)9-16(25)21-12-2-5-13(6-3-12)24(28)29/h2-3,5-8,14H,1,4,9H2,(H,21,25)(H,22,26). The van der Waals surface area contributed by atoms with Crippen LogP contribution in [-0.4, -0.2) is 20.4 Å². The van der Waals surface area contributed by atoms with Gasteiger partial charge in [-0.2, -0.15) is 0 Å². The molecule has 9 nitrogen and oxygen atoms in total. The Morgan fingerprint density at radius 2 is 2.00 bits per heavy atom. The molecule has 1 aliphatic heterocycles. The van der Waals surface area contributed by atoms with Gasteiger partial charge in [-0.15, -0.1) is 0 Å². The summed E-state index contributed by atoms with van der Waals surface area (Å²) in [6.07, 6.45) is 1.21. The van der Waals surface area contributed by atoms with Gasteiger partial charge < -0.3 is 10.3 Å². The quantitative estimate of drug-likeness (QED) is 0.353. The highest BCUT2D eigenvalue weighted by Gasteiger charge is 2.26. The summed E-state index contributed by atoms with van der Waals surface area (Å²) in [6.45, 7) is 0. The van der Waals surface area contributed by atoms with Gasteiger partial charge in [0.05, 0.1) is 16.0 Å². The summed E-state index contributed by atoms with van der Waals surface area (Å²) in [5.74, 6) is -0.343. The molecule has 2 N–H and O–H groups in total. The van der Waals surface area contributed by atoms with Crippen molar-refractivity contribution in [3.63, 3.8) is 0 Å². The summed E-state index contributed by atoms with van der Waals surface area (Å²) in [5.41, 5.74) is 1.03. The highest BCUT2D eigenvalue weighted by Crippen LogP contribution is 2.32. The third kappa shape index (κ3) is 3.58. The molecule has 0 saturated heterocycles. The molecule has 148 valence electrons. The number of nitrogens with zero attached hydrogens (tertiary/aromatic N) is 2. The van der Waals surface area contributed by atoms with Crippen LogP contribution in [0.1, 0.15) is 24.4 Å². The SMILES string of the molecule is O=C(CC1CCc2cc(Br)cc3[nH]c(=O)c(=O)n1c23)Nc1ccc([N+](=O)[O-])cc1. The van der Waals surface area contributed by atoms with Crippen molar-refractivity contribution in [3.8, 4) is 0 Å². The Bertz CT molecular complexity index is 1260. The van der Waals surface area contributed by atoms with E-state index in [4.69, 9.17) is 0 Å². The first kappa shape index (κ1) is 19.1. The Morgan fingerprint density at radius 3 is 2.69 bits per heavy atom. The van der Waals surface area contributed by atoms with Gasteiger partial charge in [0.2, 0.25) is 5.91 Å². The number of benzene rings is 2. The maximum Gasteiger partial charge on any atom is 0.317 e. The molecule has 1 amide bonds. The Labute approximate surface area is 171 Å². The number of aromatic amines is 1. The lowest BCUT2D eigenvalue weighted by Crippen LogP contribution is -2.41. The second-order valence-corrected chi connectivity index (χ2v) is 7.75. The topological polar surface area (TPSA) is 127 Å². The molecule has 29 heavy (non-hydrogen) atoms. The van der Waals surface area contributed by atoms with Crippen molar-refractivity contribution in [1.29, 1.82) is 0 Å². The van der Waals surface area contributed by atoms with Crippen LogP contribution < -0.4 is 16.4 Å². The molecule has 0 fully saturated rings. The van der Waals surface area contributed by atoms with E-state index < -0.39 is 22.1 Å². The number of hydrogen-bond donors (Lipinski definition) is 2. The van der Waals surface area contributed by atoms with Gasteiger partial charge in [0, 0.05) is 34.8 Å². The zero-order valence-corrected chi connectivity index (χ0v) is 16.6. The van der Waals surface area contributed by atoms with Crippen molar-refractivity contribution < 1.29 is 9.72 Å². The second kappa shape index (κ2) is 7.28. The summed E-state index contributed by atoms with van der Waals surface area (Å²) < 4.78 is 2.21. The normalized spacial score (nSPS) is 15.3. The first-order valence-corrected chi connectivity index (χ1v) is 9.64. The van der Waals surface area contributed by atoms with E-state index in [-0.39, 0.29) is 18.0 Å². The lowest BCUT2D eigenvalue weighted by molar-refractivity contribution is -0.384. The average Bonchev–Trinajstić information content (AvgIpc) is 2.67. The number of amides is 1. The number of non-ortho nitro benzene ring substituents is 1. The Kier molecular flexibility index (Phi) is 4.79. The number of hydrogen-bond acceptors (Lipinski definition) is 5. The van der Waals surface area contributed by atoms with E-state index in [1.54, 1.807) is 6.07 Å². The largest absolute Gasteiger partial charge is 0.326 e. The van der Waals surface area contributed by atoms with E-state index in [2.05, 4.69) is 26.2 Å². The zero-order chi connectivity index (χ0) is 20.7. The van der Waals surface area contributed by atoms with E-state index in [1.807, 2.05) is 6.07 Å². The van der Waals surface area contributed by atoms with Crippen LogP contribution in [0.5, 0.6) is 0 Å². The van der Waals surface area contributed by atoms with Crippen molar-refractivity contribution >= 4 is 44.2 Å². The number of anilines is 1. The molecule has 2 heterocycles. The summed E-state index contributed by atoms with van der Waals surface area (Å²) >= 11 is 3.41. The van der Waals surface area contributed by atoms with Crippen molar-refractivity contribution in [3.05, 3.63) is 77.3 Å². The number of nitrogens with one attached hydrogen (secondary N) is 2. The van der Waals surface area contributed by atoms with Gasteiger partial charge in [0.1, 0.15) is 0 Å². The fourth-order valence-corrected chi connectivity index (χ4v) is 4.20. The Morgan fingerprint density at radius 1 is 1.28 bits per heavy atom. The van der Waals surface area contributed by atoms with E-state index in [0.29, 0.717) is 29.6 Å². The molecule has 10 heteroatoms. The fourth-order valence-electron chi connectivity index (χ4n) is 3.70. The molecular weight excluding hydrogens is 444 g/mol. The van der Waals surface area contributed by atoms with Crippen molar-refractivity contribution in [2.24, 2.45) is 0 Å². The minimum atomic E-state index is -0.732. The summed E-state index contributed by atoms with van der Waals surface area (Å²) in [4.78, 5) is 50.0. The van der Waals surface area contributed by atoms with Gasteiger partial charge in [-0.1, -0.05) is 15.9 Å². The van der Waals surface area contributed by atoms with Crippen LogP contribution in [0.2, 0.25) is 0 Å². The number of nitro benzene ring substituents is 1. The van der Waals surface area contributed by atoms with Gasteiger partial charge in [-0.25, -0.2) is 0 Å². The van der Waals surface area contributed by atoms with Crippen molar-refractivity contribution in [1.82, 2.24) is 9.55 Å². The number of nitro groups is 1. The van der Waals surface area contributed by atoms with E-state index >= 15 is 0 Å². The van der Waals surface area contributed by atoms with Crippen LogP contribution in [0.25, 0.3) is 11.0 Å². The highest BCUT2D eigenvalue weighted by molar-refractivity contribution is 9.10. The van der Waals surface area contributed by atoms with Gasteiger partial charge in [0.25, 0.3) is 5.69 Å². The summed E-state index contributed by atoms with van der Waals surface area (Å²) in [6, 6.07) is 8.67. The second-order valence-electron chi connectivity index (χ2n) is 6.84. The van der Waals surface area contributed by atoms with Crippen molar-refractivity contribution in [2.45, 2.75) is 25.3 Å². The first-order chi connectivity index (χ1) is 13.8. The van der Waals surface area contributed by atoms with Crippen molar-refractivity contribution in [2.75, 3.05) is 5.32 Å². The minimum Gasteiger partial charge on any atom is -0.326 e. The maximum absolute atomic E-state index is 12.5. The Balaban J connectivity index is 1.63. The first-order valence-electron chi connectivity index (χ1n) is 8.85. The van der Waals surface area contributed by atoms with E-state index in [1.165, 1.54) is 28.8 Å². The highest BCUT2D eigenvalue weighted by atomic mass is 79.9. The third-order valence-corrected chi connectivity index (χ3v) is 5.41. The number of aryl methyl sites for hydroxylation is 1. The number of carbonyl (C=O) groups excluding carboxylic acids is 1. The molecule has 0 saturated carbocycles. The number of aromatic nitrogens is 2. The molecule has 1 atom stereocenters. The molecule has 1 unspecified atom stereocenters. The molecule has 0 spiro atoms. The molecule has 3 aromatic rings. The van der Waals surface area contributed by atoms with Gasteiger partial charge >= 0.3 is 11.1 Å². The molecule has 0 aliphatic carbocycles. The minimum absolute atomic E-state index is 0.00491. The number of rotatable bonds is 4. The summed E-state index contributed by atoms with van der Waals surface area (Å²) in [5, 5.41) is 13.4. The molecule has 1 aromatic heterocycles. The molecule has 1 aliphatic rings. The molecule has 0 bridgehead atoms. The van der Waals surface area contributed by atoms with Crippen LogP contribution in [-0.2, 0) is 11.2 Å².